The molecule has 2 fully saturated rings. The number of likely N-dealkylation sites (tertiary alicyclic amines) is 2. The Morgan fingerprint density at radius 3 is 2.83 bits per heavy atom. The maximum absolute atomic E-state index is 12.9. The van der Waals surface area contributed by atoms with E-state index in [2.05, 4.69) is 47.9 Å². The lowest BCUT2D eigenvalue weighted by Crippen LogP contribution is -2.47. The molecule has 0 N–H and O–H groups in total. The van der Waals surface area contributed by atoms with Gasteiger partial charge in [-0.25, -0.2) is 0 Å². The zero-order valence-electron chi connectivity index (χ0n) is 14.6. The summed E-state index contributed by atoms with van der Waals surface area (Å²) in [6.45, 7) is 6.96. The fourth-order valence-corrected chi connectivity index (χ4v) is 4.29. The Hall–Kier alpha value is -1.35. The molecular weight excluding hydrogens is 284 g/mol. The average Bonchev–Trinajstić information content (AvgIpc) is 3.03. The second-order valence-corrected chi connectivity index (χ2v) is 7.19. The monoisotopic (exact) mass is 314 g/mol. The first kappa shape index (κ1) is 16.5. The summed E-state index contributed by atoms with van der Waals surface area (Å²) in [5.41, 5.74) is 2.68. The zero-order valence-corrected chi connectivity index (χ0v) is 14.6. The van der Waals surface area contributed by atoms with Crippen LogP contribution in [0.5, 0.6) is 0 Å². The highest BCUT2D eigenvalue weighted by molar-refractivity contribution is 5.78. The van der Waals surface area contributed by atoms with Gasteiger partial charge in [-0.15, -0.1) is 0 Å². The van der Waals surface area contributed by atoms with Crippen LogP contribution in [0.15, 0.2) is 24.3 Å². The van der Waals surface area contributed by atoms with Crippen molar-refractivity contribution >= 4 is 5.91 Å². The fourth-order valence-electron chi connectivity index (χ4n) is 4.29. The van der Waals surface area contributed by atoms with E-state index in [1.54, 1.807) is 0 Å². The molecule has 1 aromatic carbocycles. The smallest absolute Gasteiger partial charge is 0.237 e. The Morgan fingerprint density at radius 2 is 2.04 bits per heavy atom. The molecule has 2 heterocycles. The van der Waals surface area contributed by atoms with Gasteiger partial charge in [0.2, 0.25) is 5.91 Å². The van der Waals surface area contributed by atoms with Crippen LogP contribution in [0.2, 0.25) is 0 Å². The number of hydrogen-bond acceptors (Lipinski definition) is 2. The van der Waals surface area contributed by atoms with Crippen molar-refractivity contribution in [3.05, 3.63) is 35.4 Å². The lowest BCUT2D eigenvalue weighted by atomic mass is 9.99. The first-order chi connectivity index (χ1) is 11.2. The predicted molar refractivity (Wildman–Crippen MR) is 94.4 cm³/mol. The summed E-state index contributed by atoms with van der Waals surface area (Å²) in [5, 5.41) is 0. The van der Waals surface area contributed by atoms with E-state index in [1.807, 2.05) is 0 Å². The molecule has 2 aliphatic heterocycles. The quantitative estimate of drug-likeness (QED) is 0.841. The largest absolute Gasteiger partial charge is 0.339 e. The molecule has 1 aromatic rings. The Balaban J connectivity index is 1.67. The van der Waals surface area contributed by atoms with E-state index in [1.165, 1.54) is 43.2 Å². The molecular formula is C20H30N2O. The molecule has 0 aliphatic carbocycles. The van der Waals surface area contributed by atoms with Crippen molar-refractivity contribution in [2.45, 2.75) is 64.5 Å². The second-order valence-electron chi connectivity index (χ2n) is 7.19. The van der Waals surface area contributed by atoms with Gasteiger partial charge in [0, 0.05) is 18.6 Å². The number of piperidine rings is 1. The van der Waals surface area contributed by atoms with Crippen LogP contribution in [0, 0.1) is 6.92 Å². The average molecular weight is 314 g/mol. The van der Waals surface area contributed by atoms with Crippen LogP contribution in [0.25, 0.3) is 0 Å². The minimum Gasteiger partial charge on any atom is -0.339 e. The van der Waals surface area contributed by atoms with Crippen LogP contribution in [-0.4, -0.2) is 41.4 Å². The lowest BCUT2D eigenvalue weighted by Gasteiger charge is -2.37. The number of nitrogens with zero attached hydrogens (tertiary/aromatic N) is 2. The van der Waals surface area contributed by atoms with Crippen molar-refractivity contribution < 1.29 is 4.79 Å². The van der Waals surface area contributed by atoms with Crippen molar-refractivity contribution in [1.82, 2.24) is 9.80 Å². The zero-order chi connectivity index (χ0) is 16.2. The van der Waals surface area contributed by atoms with E-state index in [4.69, 9.17) is 0 Å². The molecule has 0 bridgehead atoms. The van der Waals surface area contributed by atoms with Gasteiger partial charge in [0.1, 0.15) is 0 Å². The third-order valence-electron chi connectivity index (χ3n) is 5.55. The molecule has 3 rings (SSSR count). The van der Waals surface area contributed by atoms with Crippen molar-refractivity contribution in [2.24, 2.45) is 0 Å². The van der Waals surface area contributed by atoms with Gasteiger partial charge in [0.25, 0.3) is 0 Å². The minimum atomic E-state index is 0.344. The molecule has 3 heteroatoms. The standard InChI is InChI=1S/C20H30N2O/c1-3-18-10-4-5-13-22(18)20(23)15-21-12-7-11-19(21)17-9-6-8-16(2)14-17/h6,8-9,14,18-19H,3-5,7,10-13,15H2,1-2H3/t18-,19+/m0/s1. The van der Waals surface area contributed by atoms with Crippen molar-refractivity contribution in [3.63, 3.8) is 0 Å². The van der Waals surface area contributed by atoms with Gasteiger partial charge >= 0.3 is 0 Å². The molecule has 0 unspecified atom stereocenters. The maximum atomic E-state index is 12.9. The SMILES string of the molecule is CC[C@H]1CCCCN1C(=O)CN1CCC[C@@H]1c1cccc(C)c1. The number of benzene rings is 1. The maximum Gasteiger partial charge on any atom is 0.237 e. The highest BCUT2D eigenvalue weighted by Gasteiger charge is 2.31. The van der Waals surface area contributed by atoms with Crippen LogP contribution >= 0.6 is 0 Å². The van der Waals surface area contributed by atoms with E-state index in [9.17, 15) is 4.79 Å². The highest BCUT2D eigenvalue weighted by atomic mass is 16.2. The number of carbonyl (C=O) groups is 1. The first-order valence-corrected chi connectivity index (χ1v) is 9.29. The molecule has 126 valence electrons. The minimum absolute atomic E-state index is 0.344. The summed E-state index contributed by atoms with van der Waals surface area (Å²) in [7, 11) is 0. The number of aryl methyl sites for hydroxylation is 1. The van der Waals surface area contributed by atoms with Crippen LogP contribution in [-0.2, 0) is 4.79 Å². The molecule has 0 aromatic heterocycles. The molecule has 0 saturated carbocycles. The van der Waals surface area contributed by atoms with Crippen LogP contribution in [0.1, 0.15) is 62.6 Å². The van der Waals surface area contributed by atoms with E-state index in [0.717, 1.165) is 19.5 Å². The molecule has 2 aliphatic rings. The van der Waals surface area contributed by atoms with Gasteiger partial charge in [0.05, 0.1) is 6.54 Å². The first-order valence-electron chi connectivity index (χ1n) is 9.29. The molecule has 3 nitrogen and oxygen atoms in total. The van der Waals surface area contributed by atoms with E-state index >= 15 is 0 Å². The summed E-state index contributed by atoms with van der Waals surface area (Å²) >= 11 is 0. The Kier molecular flexibility index (Phi) is 5.37. The molecule has 1 amide bonds. The fraction of sp³-hybridized carbons (Fsp3) is 0.650. The topological polar surface area (TPSA) is 23.6 Å². The third-order valence-corrected chi connectivity index (χ3v) is 5.55. The Morgan fingerprint density at radius 1 is 1.17 bits per heavy atom. The molecule has 0 radical (unpaired) electrons. The van der Waals surface area contributed by atoms with Crippen LogP contribution < -0.4 is 0 Å². The molecule has 2 saturated heterocycles. The lowest BCUT2D eigenvalue weighted by molar-refractivity contribution is -0.136. The van der Waals surface area contributed by atoms with Gasteiger partial charge in [0.15, 0.2) is 0 Å². The normalized spacial score (nSPS) is 25.7. The second kappa shape index (κ2) is 7.48. The van der Waals surface area contributed by atoms with Gasteiger partial charge < -0.3 is 4.90 Å². The Bertz CT molecular complexity index is 542. The van der Waals surface area contributed by atoms with Gasteiger partial charge in [-0.05, 0) is 57.6 Å². The van der Waals surface area contributed by atoms with Gasteiger partial charge in [-0.3, -0.25) is 9.69 Å². The summed E-state index contributed by atoms with van der Waals surface area (Å²) in [6.07, 6.45) is 7.09. The van der Waals surface area contributed by atoms with Crippen LogP contribution in [0.4, 0.5) is 0 Å². The molecule has 0 spiro atoms. The molecule has 2 atom stereocenters. The number of hydrogen-bond donors (Lipinski definition) is 0. The van der Waals surface area contributed by atoms with Gasteiger partial charge in [-0.1, -0.05) is 36.8 Å². The number of amides is 1. The number of rotatable bonds is 4. The molecule has 23 heavy (non-hydrogen) atoms. The van der Waals surface area contributed by atoms with E-state index < -0.39 is 0 Å². The van der Waals surface area contributed by atoms with Crippen molar-refractivity contribution in [2.75, 3.05) is 19.6 Å². The number of carbonyl (C=O) groups excluding carboxylic acids is 1. The summed E-state index contributed by atoms with van der Waals surface area (Å²) in [4.78, 5) is 17.4. The van der Waals surface area contributed by atoms with E-state index in [0.29, 0.717) is 24.5 Å². The van der Waals surface area contributed by atoms with Gasteiger partial charge in [-0.2, -0.15) is 0 Å². The Labute approximate surface area is 140 Å². The summed E-state index contributed by atoms with van der Waals surface area (Å²) in [6, 6.07) is 9.67. The van der Waals surface area contributed by atoms with Crippen molar-refractivity contribution in [1.29, 1.82) is 0 Å². The third kappa shape index (κ3) is 3.77. The van der Waals surface area contributed by atoms with E-state index in [-0.39, 0.29) is 0 Å². The predicted octanol–water partition coefficient (Wildman–Crippen LogP) is 3.92. The summed E-state index contributed by atoms with van der Waals surface area (Å²) in [5.74, 6) is 0.344. The van der Waals surface area contributed by atoms with Crippen molar-refractivity contribution in [3.8, 4) is 0 Å². The summed E-state index contributed by atoms with van der Waals surface area (Å²) < 4.78 is 0. The van der Waals surface area contributed by atoms with Crippen LogP contribution in [0.3, 0.4) is 0 Å². The highest BCUT2D eigenvalue weighted by Crippen LogP contribution is 2.32.